The molecule has 0 spiro atoms. The lowest BCUT2D eigenvalue weighted by atomic mass is 9.98. The van der Waals surface area contributed by atoms with E-state index in [1.807, 2.05) is 0 Å². The molecule has 0 bridgehead atoms. The van der Waals surface area contributed by atoms with Crippen molar-refractivity contribution in [1.82, 2.24) is 4.90 Å². The van der Waals surface area contributed by atoms with Crippen LogP contribution in [0.2, 0.25) is 0 Å². The first-order valence-corrected chi connectivity index (χ1v) is 7.38. The minimum Gasteiger partial charge on any atom is -0.381 e. The first kappa shape index (κ1) is 13.3. The molecule has 0 saturated carbocycles. The van der Waals surface area contributed by atoms with Crippen LogP contribution < -0.4 is 5.73 Å². The maximum Gasteiger partial charge on any atom is 0.0510 e. The van der Waals surface area contributed by atoms with Crippen molar-refractivity contribution in [3.8, 4) is 0 Å². The highest BCUT2D eigenvalue weighted by Crippen LogP contribution is 2.22. The van der Waals surface area contributed by atoms with E-state index in [0.717, 1.165) is 32.2 Å². The summed E-state index contributed by atoms with van der Waals surface area (Å²) in [6, 6.07) is 1.08. The van der Waals surface area contributed by atoms with Crippen molar-refractivity contribution in [2.24, 2.45) is 11.7 Å². The van der Waals surface area contributed by atoms with E-state index in [-0.39, 0.29) is 0 Å². The standard InChI is InChI=1S/C14H28N2O/c1-2-13-6-4-3-5-8-16(13)10-14(15)12-7-9-17-11-12/h12-14H,2-11,15H2,1H3. The summed E-state index contributed by atoms with van der Waals surface area (Å²) >= 11 is 0. The molecule has 0 aromatic carbocycles. The molecular formula is C14H28N2O. The van der Waals surface area contributed by atoms with Gasteiger partial charge in [-0.1, -0.05) is 19.8 Å². The van der Waals surface area contributed by atoms with Gasteiger partial charge in [0.1, 0.15) is 0 Å². The quantitative estimate of drug-likeness (QED) is 0.817. The van der Waals surface area contributed by atoms with E-state index in [1.54, 1.807) is 0 Å². The highest BCUT2D eigenvalue weighted by Gasteiger charge is 2.27. The van der Waals surface area contributed by atoms with E-state index in [0.29, 0.717) is 12.0 Å². The molecule has 0 aliphatic carbocycles. The van der Waals surface area contributed by atoms with Gasteiger partial charge in [0.15, 0.2) is 0 Å². The fourth-order valence-corrected chi connectivity index (χ4v) is 3.25. The molecule has 17 heavy (non-hydrogen) atoms. The zero-order chi connectivity index (χ0) is 12.1. The number of hydrogen-bond acceptors (Lipinski definition) is 3. The zero-order valence-electron chi connectivity index (χ0n) is 11.2. The normalized spacial score (nSPS) is 33.5. The maximum absolute atomic E-state index is 6.36. The van der Waals surface area contributed by atoms with Crippen molar-refractivity contribution in [3.05, 3.63) is 0 Å². The van der Waals surface area contributed by atoms with Crippen LogP contribution in [0.5, 0.6) is 0 Å². The maximum atomic E-state index is 6.36. The molecule has 0 radical (unpaired) electrons. The molecule has 2 fully saturated rings. The van der Waals surface area contributed by atoms with Crippen molar-refractivity contribution in [1.29, 1.82) is 0 Å². The molecule has 2 aliphatic heterocycles. The summed E-state index contributed by atoms with van der Waals surface area (Å²) in [4.78, 5) is 2.65. The summed E-state index contributed by atoms with van der Waals surface area (Å²) in [5.41, 5.74) is 6.36. The molecule has 3 heteroatoms. The van der Waals surface area contributed by atoms with Gasteiger partial charge in [0.25, 0.3) is 0 Å². The molecule has 0 aromatic heterocycles. The lowest BCUT2D eigenvalue weighted by Gasteiger charge is -2.33. The second-order valence-electron chi connectivity index (χ2n) is 5.69. The van der Waals surface area contributed by atoms with Gasteiger partial charge in [-0.15, -0.1) is 0 Å². The van der Waals surface area contributed by atoms with Gasteiger partial charge < -0.3 is 10.5 Å². The summed E-state index contributed by atoms with van der Waals surface area (Å²) in [6.07, 6.45) is 7.94. The highest BCUT2D eigenvalue weighted by atomic mass is 16.5. The SMILES string of the molecule is CCC1CCCCCN1CC(N)C1CCOC1. The molecule has 0 aromatic rings. The second kappa shape index (κ2) is 6.72. The van der Waals surface area contributed by atoms with Gasteiger partial charge in [-0.05, 0) is 32.2 Å². The first-order valence-electron chi connectivity index (χ1n) is 7.38. The number of nitrogens with zero attached hydrogens (tertiary/aromatic N) is 1. The fourth-order valence-electron chi connectivity index (χ4n) is 3.25. The van der Waals surface area contributed by atoms with E-state index >= 15 is 0 Å². The molecule has 0 amide bonds. The van der Waals surface area contributed by atoms with E-state index in [9.17, 15) is 0 Å². The third-order valence-corrected chi connectivity index (χ3v) is 4.49. The Morgan fingerprint density at radius 1 is 1.29 bits per heavy atom. The van der Waals surface area contributed by atoms with Gasteiger partial charge in [-0.3, -0.25) is 4.90 Å². The van der Waals surface area contributed by atoms with Gasteiger partial charge in [0.05, 0.1) is 6.61 Å². The van der Waals surface area contributed by atoms with E-state index < -0.39 is 0 Å². The number of nitrogens with two attached hydrogens (primary N) is 1. The Labute approximate surface area is 106 Å². The van der Waals surface area contributed by atoms with Gasteiger partial charge in [0.2, 0.25) is 0 Å². The van der Waals surface area contributed by atoms with Crippen LogP contribution in [0.25, 0.3) is 0 Å². The molecule has 100 valence electrons. The zero-order valence-corrected chi connectivity index (χ0v) is 11.2. The molecule has 3 unspecified atom stereocenters. The summed E-state index contributed by atoms with van der Waals surface area (Å²) in [5.74, 6) is 0.593. The molecule has 2 N–H and O–H groups in total. The third kappa shape index (κ3) is 3.67. The number of hydrogen-bond donors (Lipinski definition) is 1. The Morgan fingerprint density at radius 2 is 2.18 bits per heavy atom. The van der Waals surface area contributed by atoms with Crippen LogP contribution in [-0.4, -0.2) is 43.3 Å². The summed E-state index contributed by atoms with van der Waals surface area (Å²) < 4.78 is 5.45. The average Bonchev–Trinajstić information content (AvgIpc) is 2.78. The van der Waals surface area contributed by atoms with Crippen molar-refractivity contribution >= 4 is 0 Å². The van der Waals surface area contributed by atoms with Gasteiger partial charge >= 0.3 is 0 Å². The van der Waals surface area contributed by atoms with Crippen molar-refractivity contribution < 1.29 is 4.74 Å². The predicted molar refractivity (Wildman–Crippen MR) is 71.0 cm³/mol. The Balaban J connectivity index is 1.85. The summed E-state index contributed by atoms with van der Waals surface area (Å²) in [7, 11) is 0. The number of rotatable bonds is 4. The molecule has 3 nitrogen and oxygen atoms in total. The van der Waals surface area contributed by atoms with Crippen LogP contribution >= 0.6 is 0 Å². The topological polar surface area (TPSA) is 38.5 Å². The third-order valence-electron chi connectivity index (χ3n) is 4.49. The second-order valence-corrected chi connectivity index (χ2v) is 5.69. The lowest BCUT2D eigenvalue weighted by Crippen LogP contribution is -2.46. The molecule has 2 aliphatic rings. The van der Waals surface area contributed by atoms with Crippen molar-refractivity contribution in [3.63, 3.8) is 0 Å². The highest BCUT2D eigenvalue weighted by molar-refractivity contribution is 4.83. The van der Waals surface area contributed by atoms with E-state index in [2.05, 4.69) is 11.8 Å². The van der Waals surface area contributed by atoms with Gasteiger partial charge in [-0.25, -0.2) is 0 Å². The molecular weight excluding hydrogens is 212 g/mol. The fraction of sp³-hybridized carbons (Fsp3) is 1.00. The van der Waals surface area contributed by atoms with E-state index in [4.69, 9.17) is 10.5 Å². The lowest BCUT2D eigenvalue weighted by molar-refractivity contribution is 0.149. The van der Waals surface area contributed by atoms with Crippen LogP contribution in [0.15, 0.2) is 0 Å². The van der Waals surface area contributed by atoms with Gasteiger partial charge in [0, 0.05) is 31.2 Å². The summed E-state index contributed by atoms with van der Waals surface area (Å²) in [6.45, 7) is 6.43. The van der Waals surface area contributed by atoms with Crippen molar-refractivity contribution in [2.45, 2.75) is 57.5 Å². The molecule has 2 heterocycles. The largest absolute Gasteiger partial charge is 0.381 e. The minimum atomic E-state index is 0.310. The Hall–Kier alpha value is -0.120. The first-order chi connectivity index (χ1) is 8.31. The van der Waals surface area contributed by atoms with Crippen LogP contribution in [-0.2, 0) is 4.74 Å². The molecule has 2 rings (SSSR count). The number of ether oxygens (including phenoxy) is 1. The van der Waals surface area contributed by atoms with Gasteiger partial charge in [-0.2, -0.15) is 0 Å². The van der Waals surface area contributed by atoms with Crippen LogP contribution in [0.3, 0.4) is 0 Å². The average molecular weight is 240 g/mol. The smallest absolute Gasteiger partial charge is 0.0510 e. The number of likely N-dealkylation sites (tertiary alicyclic amines) is 1. The molecule has 3 atom stereocenters. The Morgan fingerprint density at radius 3 is 2.88 bits per heavy atom. The van der Waals surface area contributed by atoms with Crippen LogP contribution in [0.4, 0.5) is 0 Å². The summed E-state index contributed by atoms with van der Waals surface area (Å²) in [5, 5.41) is 0. The van der Waals surface area contributed by atoms with Crippen molar-refractivity contribution in [2.75, 3.05) is 26.3 Å². The van der Waals surface area contributed by atoms with E-state index in [1.165, 1.54) is 38.6 Å². The Kier molecular flexibility index (Phi) is 5.26. The van der Waals surface area contributed by atoms with Crippen LogP contribution in [0.1, 0.15) is 45.4 Å². The minimum absolute atomic E-state index is 0.310. The van der Waals surface area contributed by atoms with Crippen LogP contribution in [0, 0.1) is 5.92 Å². The monoisotopic (exact) mass is 240 g/mol. The predicted octanol–water partition coefficient (Wildman–Crippen LogP) is 2.00. The Bertz CT molecular complexity index is 216. The molecule has 2 saturated heterocycles.